The van der Waals surface area contributed by atoms with E-state index in [2.05, 4.69) is 233 Å². The smallest absolute Gasteiger partial charge is 0.0543 e. The molecule has 1 aromatic heterocycles. The molecular formula is C59H52N2. The van der Waals surface area contributed by atoms with E-state index < -0.39 is 0 Å². The molecule has 0 radical (unpaired) electrons. The summed E-state index contributed by atoms with van der Waals surface area (Å²) in [5.41, 5.74) is 20.4. The van der Waals surface area contributed by atoms with E-state index in [-0.39, 0.29) is 16.2 Å². The summed E-state index contributed by atoms with van der Waals surface area (Å²) in [7, 11) is 0. The molecule has 0 aliphatic heterocycles. The van der Waals surface area contributed by atoms with E-state index in [1.807, 2.05) is 0 Å². The van der Waals surface area contributed by atoms with Crippen LogP contribution >= 0.6 is 0 Å². The van der Waals surface area contributed by atoms with Crippen LogP contribution in [0.25, 0.3) is 60.9 Å². The predicted octanol–water partition coefficient (Wildman–Crippen LogP) is 16.2. The first kappa shape index (κ1) is 37.4. The number of anilines is 3. The Morgan fingerprint density at radius 2 is 0.934 bits per heavy atom. The highest BCUT2D eigenvalue weighted by Gasteiger charge is 2.39. The van der Waals surface area contributed by atoms with E-state index in [1.165, 1.54) is 96.0 Å². The van der Waals surface area contributed by atoms with E-state index in [0.717, 1.165) is 17.1 Å². The zero-order chi connectivity index (χ0) is 41.7. The van der Waals surface area contributed by atoms with Gasteiger partial charge in [-0.1, -0.05) is 163 Å². The number of nitrogens with zero attached hydrogens (tertiary/aromatic N) is 2. The summed E-state index contributed by atoms with van der Waals surface area (Å²) in [6, 6.07) is 68.1. The molecule has 0 spiro atoms. The second-order valence-electron chi connectivity index (χ2n) is 19.2. The second kappa shape index (κ2) is 13.7. The van der Waals surface area contributed by atoms with Gasteiger partial charge in [-0.05, 0) is 134 Å². The summed E-state index contributed by atoms with van der Waals surface area (Å²) in [5.74, 6) is 0. The number of aromatic nitrogens is 1. The number of para-hydroxylation sites is 2. The topological polar surface area (TPSA) is 8.17 Å². The van der Waals surface area contributed by atoms with Crippen molar-refractivity contribution in [1.29, 1.82) is 0 Å². The lowest BCUT2D eigenvalue weighted by Gasteiger charge is -2.42. The highest BCUT2D eigenvalue weighted by atomic mass is 15.1. The number of benzene rings is 8. The molecule has 0 saturated heterocycles. The Morgan fingerprint density at radius 1 is 0.393 bits per heavy atom. The minimum atomic E-state index is -0.162. The Labute approximate surface area is 360 Å². The van der Waals surface area contributed by atoms with Gasteiger partial charge in [0.05, 0.1) is 16.7 Å². The highest BCUT2D eigenvalue weighted by Crippen LogP contribution is 2.55. The molecule has 298 valence electrons. The summed E-state index contributed by atoms with van der Waals surface area (Å²) in [6.45, 7) is 14.5. The Hall–Kier alpha value is -6.64. The molecule has 2 aliphatic carbocycles. The Bertz CT molecular complexity index is 3090. The maximum absolute atomic E-state index is 2.54. The van der Waals surface area contributed by atoms with Crippen molar-refractivity contribution in [2.75, 3.05) is 4.90 Å². The Kier molecular flexibility index (Phi) is 8.39. The van der Waals surface area contributed by atoms with Gasteiger partial charge < -0.3 is 9.47 Å². The van der Waals surface area contributed by atoms with Crippen molar-refractivity contribution >= 4 is 38.9 Å². The molecule has 1 heterocycles. The Balaban J connectivity index is 1.15. The quantitative estimate of drug-likeness (QED) is 0.163. The predicted molar refractivity (Wildman–Crippen MR) is 259 cm³/mol. The fourth-order valence-corrected chi connectivity index (χ4v) is 10.7. The van der Waals surface area contributed by atoms with Gasteiger partial charge in [0.2, 0.25) is 0 Å². The molecule has 61 heavy (non-hydrogen) atoms. The lowest BCUT2D eigenvalue weighted by Crippen LogP contribution is -2.33. The maximum atomic E-state index is 2.54. The SMILES string of the molecule is CC1(C)CCC(C)(C)c2cc(-c3cc4c(cc3N(c3ccc(-c5ccccc5)cc3)c3ccc(-n5c6ccccc6c6ccccc65)cc3)C(C)(C)c3ccccc3-4)ccc21. The van der Waals surface area contributed by atoms with E-state index in [4.69, 9.17) is 0 Å². The molecular weight excluding hydrogens is 737 g/mol. The first-order chi connectivity index (χ1) is 29.5. The fourth-order valence-electron chi connectivity index (χ4n) is 10.7. The first-order valence-corrected chi connectivity index (χ1v) is 22.0. The van der Waals surface area contributed by atoms with Gasteiger partial charge in [-0.2, -0.15) is 0 Å². The second-order valence-corrected chi connectivity index (χ2v) is 19.2. The summed E-state index contributed by atoms with van der Waals surface area (Å²) in [4.78, 5) is 2.51. The van der Waals surface area contributed by atoms with E-state index >= 15 is 0 Å². The zero-order valence-electron chi connectivity index (χ0n) is 36.1. The van der Waals surface area contributed by atoms with Crippen molar-refractivity contribution in [1.82, 2.24) is 4.57 Å². The van der Waals surface area contributed by atoms with Gasteiger partial charge in [0.25, 0.3) is 0 Å². The lowest BCUT2D eigenvalue weighted by atomic mass is 9.63. The third kappa shape index (κ3) is 5.91. The number of rotatable bonds is 6. The van der Waals surface area contributed by atoms with Crippen molar-refractivity contribution in [3.8, 4) is 39.1 Å². The van der Waals surface area contributed by atoms with Gasteiger partial charge in [0.1, 0.15) is 0 Å². The van der Waals surface area contributed by atoms with Crippen molar-refractivity contribution < 1.29 is 0 Å². The van der Waals surface area contributed by atoms with Crippen LogP contribution in [0.4, 0.5) is 17.1 Å². The maximum Gasteiger partial charge on any atom is 0.0543 e. The van der Waals surface area contributed by atoms with Crippen LogP contribution in [0.5, 0.6) is 0 Å². The normalized spacial score (nSPS) is 15.6. The minimum absolute atomic E-state index is 0.0853. The first-order valence-electron chi connectivity index (χ1n) is 22.0. The summed E-state index contributed by atoms with van der Waals surface area (Å²) < 4.78 is 2.41. The van der Waals surface area contributed by atoms with Crippen LogP contribution in [0.2, 0.25) is 0 Å². The van der Waals surface area contributed by atoms with Crippen LogP contribution in [-0.4, -0.2) is 4.57 Å². The molecule has 2 heteroatoms. The average Bonchev–Trinajstić information content (AvgIpc) is 3.74. The fraction of sp³-hybridized carbons (Fsp3) is 0.186. The number of hydrogen-bond donors (Lipinski definition) is 0. The standard InChI is InChI=1S/C59H52N2/c1-57(2)34-35-58(3,4)53-36-41(26-33-51(53)57)48-37-49-45-18-10-13-21-50(45)59(5,6)52(49)38-56(48)60(42-27-24-40(25-28-42)39-16-8-7-9-17-39)43-29-31-44(32-30-43)61-54-22-14-11-19-46(54)47-20-12-15-23-55(47)61/h7-33,36-38H,34-35H2,1-6H3. The number of fused-ring (bicyclic) bond motifs is 7. The van der Waals surface area contributed by atoms with Gasteiger partial charge in [0.15, 0.2) is 0 Å². The van der Waals surface area contributed by atoms with E-state index in [9.17, 15) is 0 Å². The van der Waals surface area contributed by atoms with Crippen molar-refractivity contribution in [2.24, 2.45) is 0 Å². The van der Waals surface area contributed by atoms with Crippen LogP contribution < -0.4 is 4.90 Å². The number of hydrogen-bond acceptors (Lipinski definition) is 1. The largest absolute Gasteiger partial charge is 0.310 e. The van der Waals surface area contributed by atoms with Gasteiger partial charge >= 0.3 is 0 Å². The monoisotopic (exact) mass is 788 g/mol. The average molecular weight is 789 g/mol. The van der Waals surface area contributed by atoms with Gasteiger partial charge in [0, 0.05) is 38.8 Å². The van der Waals surface area contributed by atoms with Crippen LogP contribution in [0, 0.1) is 0 Å². The molecule has 11 rings (SSSR count). The van der Waals surface area contributed by atoms with Gasteiger partial charge in [-0.15, -0.1) is 0 Å². The molecule has 0 fully saturated rings. The molecule has 2 nitrogen and oxygen atoms in total. The molecule has 8 aromatic carbocycles. The van der Waals surface area contributed by atoms with Crippen LogP contribution in [0.1, 0.15) is 76.6 Å². The van der Waals surface area contributed by atoms with Gasteiger partial charge in [-0.25, -0.2) is 0 Å². The Morgan fingerprint density at radius 3 is 1.61 bits per heavy atom. The van der Waals surface area contributed by atoms with Crippen LogP contribution in [-0.2, 0) is 16.2 Å². The molecule has 0 saturated carbocycles. The van der Waals surface area contributed by atoms with Crippen molar-refractivity contribution in [3.63, 3.8) is 0 Å². The molecule has 0 N–H and O–H groups in total. The lowest BCUT2D eigenvalue weighted by molar-refractivity contribution is 0.332. The highest BCUT2D eigenvalue weighted by molar-refractivity contribution is 6.09. The summed E-state index contributed by atoms with van der Waals surface area (Å²) >= 11 is 0. The third-order valence-corrected chi connectivity index (χ3v) is 14.3. The van der Waals surface area contributed by atoms with E-state index in [1.54, 1.807) is 0 Å². The zero-order valence-corrected chi connectivity index (χ0v) is 36.1. The summed E-state index contributed by atoms with van der Waals surface area (Å²) in [6.07, 6.45) is 2.37. The minimum Gasteiger partial charge on any atom is -0.310 e. The van der Waals surface area contributed by atoms with Crippen molar-refractivity contribution in [3.05, 3.63) is 204 Å². The molecule has 0 amide bonds. The van der Waals surface area contributed by atoms with E-state index in [0.29, 0.717) is 0 Å². The molecule has 0 unspecified atom stereocenters. The van der Waals surface area contributed by atoms with Crippen molar-refractivity contribution in [2.45, 2.75) is 70.6 Å². The molecule has 9 aromatic rings. The third-order valence-electron chi connectivity index (χ3n) is 14.3. The van der Waals surface area contributed by atoms with Crippen LogP contribution in [0.15, 0.2) is 182 Å². The molecule has 2 aliphatic rings. The molecule has 0 bridgehead atoms. The molecule has 0 atom stereocenters. The van der Waals surface area contributed by atoms with Crippen LogP contribution in [0.3, 0.4) is 0 Å². The van der Waals surface area contributed by atoms with Gasteiger partial charge in [-0.3, -0.25) is 0 Å². The summed E-state index contributed by atoms with van der Waals surface area (Å²) in [5, 5.41) is 2.54.